The van der Waals surface area contributed by atoms with Crippen molar-refractivity contribution in [2.75, 3.05) is 4.90 Å². The molecule has 59 heavy (non-hydrogen) atoms. The molecule has 1 heterocycles. The van der Waals surface area contributed by atoms with Crippen LogP contribution in [0.15, 0.2) is 211 Å². The third-order valence-electron chi connectivity index (χ3n) is 12.1. The maximum Gasteiger partial charge on any atom is 0.136 e. The molecule has 0 bridgehead atoms. The van der Waals surface area contributed by atoms with Crippen LogP contribution in [0.25, 0.3) is 83.3 Å². The van der Waals surface area contributed by atoms with E-state index in [0.717, 1.165) is 56.7 Å². The van der Waals surface area contributed by atoms with E-state index < -0.39 is 0 Å². The maximum atomic E-state index is 6.23. The summed E-state index contributed by atoms with van der Waals surface area (Å²) in [6, 6.07) is 72.7. The first-order chi connectivity index (χ1) is 29.2. The summed E-state index contributed by atoms with van der Waals surface area (Å²) in [4.78, 5) is 2.45. The first-order valence-electron chi connectivity index (χ1n) is 20.6. The van der Waals surface area contributed by atoms with Crippen molar-refractivity contribution in [3.63, 3.8) is 0 Å². The van der Waals surface area contributed by atoms with Crippen LogP contribution in [-0.2, 0) is 0 Å². The lowest BCUT2D eigenvalue weighted by Gasteiger charge is -2.30. The summed E-state index contributed by atoms with van der Waals surface area (Å²) in [5.41, 5.74) is 17.5. The second kappa shape index (κ2) is 14.5. The third kappa shape index (κ3) is 6.13. The Bertz CT molecular complexity index is 3190. The van der Waals surface area contributed by atoms with Crippen molar-refractivity contribution < 1.29 is 4.42 Å². The zero-order chi connectivity index (χ0) is 39.3. The molecule has 1 atom stereocenters. The second-order valence-corrected chi connectivity index (χ2v) is 15.7. The fraction of sp³-hybridized carbons (Fsp3) is 0.0526. The molecule has 0 fully saturated rings. The van der Waals surface area contributed by atoms with Gasteiger partial charge in [-0.25, -0.2) is 0 Å². The number of para-hydroxylation sites is 2. The maximum absolute atomic E-state index is 6.23. The first kappa shape index (κ1) is 34.8. The summed E-state index contributed by atoms with van der Waals surface area (Å²) < 4.78 is 6.23. The smallest absolute Gasteiger partial charge is 0.136 e. The second-order valence-electron chi connectivity index (χ2n) is 15.7. The van der Waals surface area contributed by atoms with E-state index in [1.807, 2.05) is 12.1 Å². The average molecular weight is 756 g/mol. The quantitative estimate of drug-likeness (QED) is 0.161. The van der Waals surface area contributed by atoms with Crippen LogP contribution in [0, 0.1) is 0 Å². The van der Waals surface area contributed by atoms with Gasteiger partial charge in [-0.2, -0.15) is 0 Å². The molecule has 1 aliphatic rings. The van der Waals surface area contributed by atoms with Gasteiger partial charge in [-0.15, -0.1) is 0 Å². The van der Waals surface area contributed by atoms with E-state index in [2.05, 4.69) is 212 Å². The van der Waals surface area contributed by atoms with Crippen LogP contribution in [0.4, 0.5) is 17.1 Å². The van der Waals surface area contributed by atoms with Gasteiger partial charge < -0.3 is 9.32 Å². The SMILES string of the molecule is CC1CC=Cc2cccc(-c3ccc(N(c4ccccc4-c4ccccc4)c4ccc(-c5ccc6c(ccc7oc8ccccc8c76)c5)cc4-c4ccccc4)cc3)c21. The van der Waals surface area contributed by atoms with Gasteiger partial charge in [0.2, 0.25) is 0 Å². The van der Waals surface area contributed by atoms with Crippen molar-refractivity contribution in [1.29, 1.82) is 0 Å². The first-order valence-corrected chi connectivity index (χ1v) is 20.6. The van der Waals surface area contributed by atoms with Gasteiger partial charge in [-0.3, -0.25) is 0 Å². The predicted octanol–water partition coefficient (Wildman–Crippen LogP) is 16.4. The van der Waals surface area contributed by atoms with Gasteiger partial charge in [0, 0.05) is 27.6 Å². The molecule has 11 rings (SSSR count). The molecule has 1 aromatic heterocycles. The van der Waals surface area contributed by atoms with Gasteiger partial charge in [0.15, 0.2) is 0 Å². The number of anilines is 3. The summed E-state index contributed by atoms with van der Waals surface area (Å²) >= 11 is 0. The van der Waals surface area contributed by atoms with E-state index in [1.165, 1.54) is 55.1 Å². The number of allylic oxidation sites excluding steroid dienone is 1. The normalized spacial score (nSPS) is 13.5. The van der Waals surface area contributed by atoms with Crippen molar-refractivity contribution in [1.82, 2.24) is 0 Å². The van der Waals surface area contributed by atoms with Gasteiger partial charge in [0.05, 0.1) is 11.4 Å². The molecule has 10 aromatic rings. The van der Waals surface area contributed by atoms with Crippen LogP contribution < -0.4 is 4.90 Å². The lowest BCUT2D eigenvalue weighted by atomic mass is 9.83. The Hall–Kier alpha value is -7.42. The molecule has 1 unspecified atom stereocenters. The van der Waals surface area contributed by atoms with Crippen LogP contribution in [0.1, 0.15) is 30.4 Å². The van der Waals surface area contributed by atoms with E-state index in [0.29, 0.717) is 5.92 Å². The zero-order valence-corrected chi connectivity index (χ0v) is 32.8. The molecule has 0 saturated heterocycles. The molecule has 0 radical (unpaired) electrons. The molecule has 0 amide bonds. The molecule has 0 saturated carbocycles. The Labute approximate surface area is 345 Å². The van der Waals surface area contributed by atoms with Gasteiger partial charge >= 0.3 is 0 Å². The topological polar surface area (TPSA) is 16.4 Å². The summed E-state index contributed by atoms with van der Waals surface area (Å²) in [6.07, 6.45) is 5.65. The third-order valence-corrected chi connectivity index (χ3v) is 12.1. The number of hydrogen-bond acceptors (Lipinski definition) is 2. The van der Waals surface area contributed by atoms with Crippen molar-refractivity contribution in [2.24, 2.45) is 0 Å². The number of benzene rings is 9. The van der Waals surface area contributed by atoms with E-state index in [4.69, 9.17) is 4.42 Å². The Morgan fingerprint density at radius 2 is 1.10 bits per heavy atom. The minimum absolute atomic E-state index is 0.473. The van der Waals surface area contributed by atoms with Crippen molar-refractivity contribution in [3.8, 4) is 44.5 Å². The molecule has 0 aliphatic heterocycles. The predicted molar refractivity (Wildman–Crippen MR) is 250 cm³/mol. The summed E-state index contributed by atoms with van der Waals surface area (Å²) in [5, 5.41) is 4.71. The highest BCUT2D eigenvalue weighted by atomic mass is 16.3. The number of fused-ring (bicyclic) bond motifs is 6. The highest BCUT2D eigenvalue weighted by Gasteiger charge is 2.23. The minimum Gasteiger partial charge on any atom is -0.456 e. The fourth-order valence-electron chi connectivity index (χ4n) is 9.27. The van der Waals surface area contributed by atoms with Gasteiger partial charge in [0.1, 0.15) is 11.2 Å². The van der Waals surface area contributed by atoms with E-state index >= 15 is 0 Å². The zero-order valence-electron chi connectivity index (χ0n) is 32.8. The lowest BCUT2D eigenvalue weighted by Crippen LogP contribution is -2.12. The van der Waals surface area contributed by atoms with Crippen LogP contribution >= 0.6 is 0 Å². The lowest BCUT2D eigenvalue weighted by molar-refractivity contribution is 0.669. The van der Waals surface area contributed by atoms with Crippen LogP contribution in [0.3, 0.4) is 0 Å². The fourth-order valence-corrected chi connectivity index (χ4v) is 9.27. The minimum atomic E-state index is 0.473. The molecule has 0 spiro atoms. The average Bonchev–Trinajstić information content (AvgIpc) is 3.69. The monoisotopic (exact) mass is 755 g/mol. The number of rotatable bonds is 7. The van der Waals surface area contributed by atoms with Crippen LogP contribution in [-0.4, -0.2) is 0 Å². The van der Waals surface area contributed by atoms with Crippen molar-refractivity contribution in [2.45, 2.75) is 19.3 Å². The van der Waals surface area contributed by atoms with Crippen molar-refractivity contribution in [3.05, 3.63) is 217 Å². The number of nitrogens with zero attached hydrogens (tertiary/aromatic N) is 1. The number of hydrogen-bond donors (Lipinski definition) is 0. The molecule has 2 nitrogen and oxygen atoms in total. The largest absolute Gasteiger partial charge is 0.456 e. The highest BCUT2D eigenvalue weighted by Crippen LogP contribution is 2.47. The standard InChI is InChI=1S/C57H41NO/c1-38-14-12-19-42-20-13-23-48(56(38)42)41-26-31-46(32-27-41)58(52-24-10-8-21-47(52)39-15-4-2-5-16-39)53-34-29-44(37-51(53)40-17-6-3-7-18-40)43-28-33-49-45(36-43)30-35-55-57(49)50-22-9-11-25-54(50)59-55/h2-13,15-38H,14H2,1H3. The molecule has 280 valence electrons. The van der Waals surface area contributed by atoms with Gasteiger partial charge in [0.25, 0.3) is 0 Å². The van der Waals surface area contributed by atoms with Crippen molar-refractivity contribution >= 4 is 55.8 Å². The van der Waals surface area contributed by atoms with Gasteiger partial charge in [-0.1, -0.05) is 171 Å². The Balaban J connectivity index is 1.09. The molecular weight excluding hydrogens is 715 g/mol. The number of furan rings is 1. The van der Waals surface area contributed by atoms with Gasteiger partial charge in [-0.05, 0) is 116 Å². The molecule has 2 heteroatoms. The Kier molecular flexibility index (Phi) is 8.56. The molecule has 0 N–H and O–H groups in total. The Morgan fingerprint density at radius 3 is 1.93 bits per heavy atom. The van der Waals surface area contributed by atoms with E-state index in [9.17, 15) is 0 Å². The molecular formula is C57H41NO. The van der Waals surface area contributed by atoms with E-state index in [-0.39, 0.29) is 0 Å². The molecule has 9 aromatic carbocycles. The summed E-state index contributed by atoms with van der Waals surface area (Å²) in [7, 11) is 0. The highest BCUT2D eigenvalue weighted by molar-refractivity contribution is 6.19. The van der Waals surface area contributed by atoms with E-state index in [1.54, 1.807) is 0 Å². The summed E-state index contributed by atoms with van der Waals surface area (Å²) in [6.45, 7) is 2.34. The van der Waals surface area contributed by atoms with Crippen LogP contribution in [0.5, 0.6) is 0 Å². The van der Waals surface area contributed by atoms with Crippen LogP contribution in [0.2, 0.25) is 0 Å². The summed E-state index contributed by atoms with van der Waals surface area (Å²) in [5.74, 6) is 0.473. The molecule has 1 aliphatic carbocycles. The Morgan fingerprint density at radius 1 is 0.458 bits per heavy atom.